The van der Waals surface area contributed by atoms with E-state index in [0.29, 0.717) is 19.3 Å². The maximum Gasteiger partial charge on any atom is 0.308 e. The second kappa shape index (κ2) is 6.87. The topological polar surface area (TPSA) is 108 Å². The summed E-state index contributed by atoms with van der Waals surface area (Å²) in [4.78, 5) is 40.3. The summed E-state index contributed by atoms with van der Waals surface area (Å²) in [5.74, 6) is -1.53. The van der Waals surface area contributed by atoms with Crippen LogP contribution in [0.25, 0.3) is 0 Å². The summed E-state index contributed by atoms with van der Waals surface area (Å²) in [5, 5.41) is 0. The van der Waals surface area contributed by atoms with Crippen molar-refractivity contribution >= 4 is 17.7 Å². The molecule has 1 aromatic rings. The van der Waals surface area contributed by atoms with Crippen LogP contribution in [-0.4, -0.2) is 47.2 Å². The van der Waals surface area contributed by atoms with Gasteiger partial charge in [-0.25, -0.2) is 0 Å². The maximum atomic E-state index is 14.3. The number of carbonyl (C=O) groups excluding carboxylic acids is 3. The lowest BCUT2D eigenvalue weighted by molar-refractivity contribution is -0.203. The maximum absolute atomic E-state index is 14.3. The van der Waals surface area contributed by atoms with Crippen LogP contribution >= 0.6 is 0 Å². The third-order valence-corrected chi connectivity index (χ3v) is 11.2. The van der Waals surface area contributed by atoms with Gasteiger partial charge in [-0.2, -0.15) is 0 Å². The summed E-state index contributed by atoms with van der Waals surface area (Å²) >= 11 is 0. The molecule has 200 valence electrons. The van der Waals surface area contributed by atoms with E-state index in [1.54, 1.807) is 12.5 Å². The first-order chi connectivity index (χ1) is 17.4. The van der Waals surface area contributed by atoms with Crippen LogP contribution in [-0.2, 0) is 33.3 Å². The van der Waals surface area contributed by atoms with E-state index in [4.69, 9.17) is 23.4 Å². The first-order valence-electron chi connectivity index (χ1n) is 13.7. The Bertz CT molecular complexity index is 1200. The van der Waals surface area contributed by atoms with Crippen LogP contribution in [0.4, 0.5) is 0 Å². The fourth-order valence-electron chi connectivity index (χ4n) is 9.39. The molecule has 11 unspecified atom stereocenters. The number of hydrogen-bond acceptors (Lipinski definition) is 8. The molecule has 2 spiro atoms. The van der Waals surface area contributed by atoms with E-state index in [1.165, 1.54) is 0 Å². The summed E-state index contributed by atoms with van der Waals surface area (Å²) < 4.78 is 30.8. The van der Waals surface area contributed by atoms with Crippen molar-refractivity contribution in [3.8, 4) is 0 Å². The molecular weight excluding hydrogens is 476 g/mol. The molecule has 3 aliphatic heterocycles. The molecule has 1 aromatic heterocycles. The van der Waals surface area contributed by atoms with Gasteiger partial charge in [0.05, 0.1) is 42.3 Å². The number of esters is 2. The SMILES string of the molecule is CCC(C)C(=O)OC1C2C(=O)C(C)(CC1(C)C)C13OC1CC1(C)C(c4ccoc4)OC(=O)CC1C31OC21. The van der Waals surface area contributed by atoms with Gasteiger partial charge < -0.3 is 23.4 Å². The Kier molecular flexibility index (Phi) is 4.43. The molecule has 3 saturated carbocycles. The number of fused-ring (bicyclic) bond motifs is 4. The highest BCUT2D eigenvalue weighted by atomic mass is 16.7. The Morgan fingerprint density at radius 3 is 2.62 bits per heavy atom. The number of cyclic esters (lactones) is 1. The smallest absolute Gasteiger partial charge is 0.308 e. The molecule has 3 aliphatic carbocycles. The van der Waals surface area contributed by atoms with E-state index < -0.39 is 51.7 Å². The molecule has 8 heteroatoms. The largest absolute Gasteiger partial charge is 0.472 e. The zero-order chi connectivity index (χ0) is 26.3. The predicted molar refractivity (Wildman–Crippen MR) is 128 cm³/mol. The van der Waals surface area contributed by atoms with Crippen molar-refractivity contribution in [2.45, 2.75) is 103 Å². The van der Waals surface area contributed by atoms with Crippen LogP contribution in [0.1, 0.15) is 78.9 Å². The van der Waals surface area contributed by atoms with Gasteiger partial charge in [-0.15, -0.1) is 0 Å². The number of Topliss-reactive ketones (excluding diaryl/α,β-unsaturated/α-hetero) is 1. The summed E-state index contributed by atoms with van der Waals surface area (Å²) in [6, 6.07) is 1.84. The average Bonchev–Trinajstić information content (AvgIpc) is 3.68. The number of ether oxygens (including phenoxy) is 4. The predicted octanol–water partition coefficient (Wildman–Crippen LogP) is 4.16. The third-order valence-electron chi connectivity index (χ3n) is 11.2. The Morgan fingerprint density at radius 1 is 1.19 bits per heavy atom. The van der Waals surface area contributed by atoms with E-state index in [2.05, 4.69) is 20.8 Å². The number of epoxide rings is 2. The molecule has 11 atom stereocenters. The van der Waals surface area contributed by atoms with Crippen LogP contribution in [0.15, 0.2) is 23.0 Å². The third kappa shape index (κ3) is 2.55. The molecule has 3 saturated heterocycles. The van der Waals surface area contributed by atoms with Crippen molar-refractivity contribution in [3.63, 3.8) is 0 Å². The van der Waals surface area contributed by atoms with Crippen molar-refractivity contribution in [2.75, 3.05) is 0 Å². The van der Waals surface area contributed by atoms with Gasteiger partial charge in [0.1, 0.15) is 29.5 Å². The molecule has 7 rings (SSSR count). The Balaban J connectivity index is 1.34. The Labute approximate surface area is 216 Å². The van der Waals surface area contributed by atoms with Gasteiger partial charge >= 0.3 is 11.9 Å². The van der Waals surface area contributed by atoms with Crippen LogP contribution in [0.2, 0.25) is 0 Å². The Hall–Kier alpha value is -2.19. The standard InChI is InChI=1S/C29H36O8/c1-7-14(2)24(32)35-22-19-20(31)27(6,13-25(22,3)4)29-17(36-29)11-26(5)16(28(29)23(19)37-28)10-18(30)34-21(26)15-8-9-33-12-15/h8-9,12,14,16-17,19,21-23H,7,10-11,13H2,1-6H3. The highest BCUT2D eigenvalue weighted by molar-refractivity contribution is 5.94. The normalized spacial score (nSPS) is 51.0. The fraction of sp³-hybridized carbons (Fsp3) is 0.759. The summed E-state index contributed by atoms with van der Waals surface area (Å²) in [7, 11) is 0. The van der Waals surface area contributed by atoms with E-state index in [1.807, 2.05) is 26.8 Å². The summed E-state index contributed by atoms with van der Waals surface area (Å²) in [5.41, 5.74) is -2.44. The van der Waals surface area contributed by atoms with Crippen molar-refractivity contribution in [1.29, 1.82) is 0 Å². The number of hydrogen-bond donors (Lipinski definition) is 0. The molecule has 6 fully saturated rings. The molecule has 37 heavy (non-hydrogen) atoms. The number of rotatable bonds is 4. The lowest BCUT2D eigenvalue weighted by Gasteiger charge is -2.60. The quantitative estimate of drug-likeness (QED) is 0.437. The minimum atomic E-state index is -0.800. The monoisotopic (exact) mass is 512 g/mol. The Morgan fingerprint density at radius 2 is 1.95 bits per heavy atom. The van der Waals surface area contributed by atoms with E-state index in [0.717, 1.165) is 5.56 Å². The van der Waals surface area contributed by atoms with Gasteiger partial charge in [-0.05, 0) is 32.3 Å². The van der Waals surface area contributed by atoms with Crippen molar-refractivity contribution in [1.82, 2.24) is 0 Å². The zero-order valence-electron chi connectivity index (χ0n) is 22.4. The van der Waals surface area contributed by atoms with Gasteiger partial charge in [-0.3, -0.25) is 14.4 Å². The zero-order valence-corrected chi connectivity index (χ0v) is 22.4. The van der Waals surface area contributed by atoms with Crippen LogP contribution in [0, 0.1) is 34.0 Å². The van der Waals surface area contributed by atoms with Crippen molar-refractivity contribution < 1.29 is 37.7 Å². The second-order valence-corrected chi connectivity index (χ2v) is 13.6. The summed E-state index contributed by atoms with van der Waals surface area (Å²) in [6.45, 7) is 12.2. The van der Waals surface area contributed by atoms with Gasteiger partial charge in [0.2, 0.25) is 0 Å². The molecule has 0 N–H and O–H groups in total. The lowest BCUT2D eigenvalue weighted by Crippen LogP contribution is -2.74. The molecule has 2 bridgehead atoms. The molecule has 0 amide bonds. The van der Waals surface area contributed by atoms with E-state index in [9.17, 15) is 14.4 Å². The first-order valence-corrected chi connectivity index (χ1v) is 13.7. The lowest BCUT2D eigenvalue weighted by atomic mass is 9.40. The van der Waals surface area contributed by atoms with Crippen molar-refractivity contribution in [2.24, 2.45) is 34.0 Å². The summed E-state index contributed by atoms with van der Waals surface area (Å²) in [6.07, 6.45) is 3.58. The number of carbonyl (C=O) groups is 3. The van der Waals surface area contributed by atoms with Gasteiger partial charge in [-0.1, -0.05) is 34.6 Å². The molecule has 6 aliphatic rings. The minimum Gasteiger partial charge on any atom is -0.472 e. The highest BCUT2D eigenvalue weighted by Gasteiger charge is 2.97. The van der Waals surface area contributed by atoms with Crippen LogP contribution in [0.3, 0.4) is 0 Å². The van der Waals surface area contributed by atoms with E-state index >= 15 is 0 Å². The minimum absolute atomic E-state index is 0.0720. The first kappa shape index (κ1) is 23.9. The van der Waals surface area contributed by atoms with Crippen LogP contribution in [0.5, 0.6) is 0 Å². The molecule has 8 nitrogen and oxygen atoms in total. The fourth-order valence-corrected chi connectivity index (χ4v) is 9.39. The molecular formula is C29H36O8. The van der Waals surface area contributed by atoms with E-state index in [-0.39, 0.29) is 42.1 Å². The molecule has 0 radical (unpaired) electrons. The number of ketones is 1. The second-order valence-electron chi connectivity index (χ2n) is 13.6. The van der Waals surface area contributed by atoms with Gasteiger partial charge in [0, 0.05) is 22.3 Å². The van der Waals surface area contributed by atoms with Crippen LogP contribution < -0.4 is 0 Å². The highest BCUT2D eigenvalue weighted by Crippen LogP contribution is 2.83. The number of furan rings is 1. The molecule has 4 heterocycles. The molecule has 0 aromatic carbocycles. The average molecular weight is 513 g/mol. The van der Waals surface area contributed by atoms with Gasteiger partial charge in [0.15, 0.2) is 5.78 Å². The van der Waals surface area contributed by atoms with Crippen molar-refractivity contribution in [3.05, 3.63) is 24.2 Å². The van der Waals surface area contributed by atoms with Gasteiger partial charge in [0.25, 0.3) is 0 Å².